The normalized spacial score (nSPS) is 22.2. The fraction of sp³-hybridized carbons (Fsp3) is 0.391. The molecule has 1 saturated carbocycles. The first kappa shape index (κ1) is 18.4. The second-order valence-corrected chi connectivity index (χ2v) is 9.30. The molecule has 1 aromatic carbocycles. The van der Waals surface area contributed by atoms with Crippen LogP contribution < -0.4 is 5.32 Å². The molecule has 0 saturated heterocycles. The molecular formula is C23H25N3O2S. The lowest BCUT2D eigenvalue weighted by atomic mass is 9.93. The Balaban J connectivity index is 1.55. The van der Waals surface area contributed by atoms with Crippen LogP contribution in [0.5, 0.6) is 0 Å². The zero-order chi connectivity index (χ0) is 20.0. The molecule has 2 aromatic heterocycles. The number of fused-ring (bicyclic) bond motifs is 3. The van der Waals surface area contributed by atoms with Crippen LogP contribution in [0.25, 0.3) is 10.2 Å². The summed E-state index contributed by atoms with van der Waals surface area (Å²) in [6, 6.07) is 14.1. The van der Waals surface area contributed by atoms with Crippen molar-refractivity contribution in [3.8, 4) is 0 Å². The summed E-state index contributed by atoms with van der Waals surface area (Å²) in [7, 11) is 0. The monoisotopic (exact) mass is 407 g/mol. The van der Waals surface area contributed by atoms with E-state index in [9.17, 15) is 9.59 Å². The van der Waals surface area contributed by atoms with Crippen LogP contribution >= 0.6 is 11.3 Å². The summed E-state index contributed by atoms with van der Waals surface area (Å²) in [4.78, 5) is 29.9. The van der Waals surface area contributed by atoms with Crippen molar-refractivity contribution >= 4 is 33.4 Å². The predicted molar refractivity (Wildman–Crippen MR) is 115 cm³/mol. The highest BCUT2D eigenvalue weighted by atomic mass is 32.1. The second kappa shape index (κ2) is 7.02. The first-order valence-corrected chi connectivity index (χ1v) is 11.2. The van der Waals surface area contributed by atoms with Crippen molar-refractivity contribution in [3.05, 3.63) is 59.1 Å². The summed E-state index contributed by atoms with van der Waals surface area (Å²) in [6.07, 6.45) is 4.37. The number of nitrogens with zero attached hydrogens (tertiary/aromatic N) is 2. The highest BCUT2D eigenvalue weighted by Gasteiger charge is 2.48. The van der Waals surface area contributed by atoms with Crippen molar-refractivity contribution in [2.24, 2.45) is 0 Å². The minimum atomic E-state index is -0.932. The Morgan fingerprint density at radius 2 is 1.97 bits per heavy atom. The molecule has 1 aliphatic carbocycles. The van der Waals surface area contributed by atoms with E-state index in [0.717, 1.165) is 41.5 Å². The Morgan fingerprint density at radius 3 is 2.72 bits per heavy atom. The van der Waals surface area contributed by atoms with Gasteiger partial charge in [-0.05, 0) is 42.8 Å². The van der Waals surface area contributed by atoms with Crippen LogP contribution in [-0.2, 0) is 17.9 Å². The van der Waals surface area contributed by atoms with E-state index >= 15 is 0 Å². The van der Waals surface area contributed by atoms with E-state index in [1.165, 1.54) is 0 Å². The van der Waals surface area contributed by atoms with Gasteiger partial charge in [0, 0.05) is 18.0 Å². The van der Waals surface area contributed by atoms with Crippen LogP contribution in [0.1, 0.15) is 48.7 Å². The van der Waals surface area contributed by atoms with Crippen molar-refractivity contribution < 1.29 is 9.59 Å². The van der Waals surface area contributed by atoms with Crippen LogP contribution in [0.2, 0.25) is 0 Å². The summed E-state index contributed by atoms with van der Waals surface area (Å²) >= 11 is 1.62. The molecule has 1 atom stereocenters. The van der Waals surface area contributed by atoms with E-state index in [1.807, 2.05) is 59.3 Å². The maximum atomic E-state index is 13.6. The molecule has 1 aliphatic heterocycles. The molecule has 0 unspecified atom stereocenters. The number of carbonyl (C=O) groups is 2. The van der Waals surface area contributed by atoms with E-state index in [2.05, 4.69) is 5.32 Å². The second-order valence-electron chi connectivity index (χ2n) is 8.40. The number of hydrogen-bond acceptors (Lipinski definition) is 3. The molecule has 0 bridgehead atoms. The molecule has 2 aliphatic rings. The lowest BCUT2D eigenvalue weighted by Gasteiger charge is -2.44. The van der Waals surface area contributed by atoms with Gasteiger partial charge in [-0.2, -0.15) is 0 Å². The van der Waals surface area contributed by atoms with Crippen LogP contribution in [0, 0.1) is 0 Å². The Morgan fingerprint density at radius 1 is 1.21 bits per heavy atom. The van der Waals surface area contributed by atoms with Gasteiger partial charge < -0.3 is 14.8 Å². The van der Waals surface area contributed by atoms with Gasteiger partial charge in [-0.25, -0.2) is 0 Å². The van der Waals surface area contributed by atoms with Crippen molar-refractivity contribution in [2.75, 3.05) is 0 Å². The maximum absolute atomic E-state index is 13.6. The van der Waals surface area contributed by atoms with Gasteiger partial charge in [-0.1, -0.05) is 43.2 Å². The highest BCUT2D eigenvalue weighted by molar-refractivity contribution is 7.16. The molecule has 150 valence electrons. The molecule has 3 aromatic rings. The van der Waals surface area contributed by atoms with Gasteiger partial charge in [0.1, 0.15) is 16.1 Å². The molecule has 1 N–H and O–H groups in total. The van der Waals surface area contributed by atoms with Crippen LogP contribution in [-0.4, -0.2) is 32.9 Å². The van der Waals surface area contributed by atoms with Crippen LogP contribution in [0.4, 0.5) is 0 Å². The minimum Gasteiger partial charge on any atom is -0.351 e. The molecule has 5 nitrogen and oxygen atoms in total. The Hall–Kier alpha value is -2.60. The SMILES string of the molecule is C[C@]1(C(=O)NC2CCCC2)Cn2c(cc3ccsc32)C(=O)N1Cc1ccccc1. The summed E-state index contributed by atoms with van der Waals surface area (Å²) in [6.45, 7) is 2.82. The molecule has 2 amide bonds. The van der Waals surface area contributed by atoms with E-state index < -0.39 is 5.54 Å². The average Bonchev–Trinajstić information content (AvgIpc) is 3.45. The van der Waals surface area contributed by atoms with E-state index in [1.54, 1.807) is 16.2 Å². The highest BCUT2D eigenvalue weighted by Crippen LogP contribution is 2.35. The van der Waals surface area contributed by atoms with E-state index in [4.69, 9.17) is 0 Å². The Labute approximate surface area is 174 Å². The minimum absolute atomic E-state index is 0.0438. The molecule has 0 spiro atoms. The first-order chi connectivity index (χ1) is 14.1. The molecular weight excluding hydrogens is 382 g/mol. The topological polar surface area (TPSA) is 54.3 Å². The van der Waals surface area contributed by atoms with Crippen molar-refractivity contribution in [2.45, 2.75) is 57.3 Å². The van der Waals surface area contributed by atoms with Crippen molar-refractivity contribution in [3.63, 3.8) is 0 Å². The third-order valence-corrected chi connectivity index (χ3v) is 7.34. The quantitative estimate of drug-likeness (QED) is 0.706. The summed E-state index contributed by atoms with van der Waals surface area (Å²) in [5, 5.41) is 6.35. The van der Waals surface area contributed by atoms with Gasteiger partial charge in [0.15, 0.2) is 0 Å². The largest absolute Gasteiger partial charge is 0.351 e. The number of aromatic nitrogens is 1. The Bertz CT molecular complexity index is 1060. The number of hydrogen-bond donors (Lipinski definition) is 1. The van der Waals surface area contributed by atoms with E-state index in [0.29, 0.717) is 18.8 Å². The number of carbonyl (C=O) groups excluding carboxylic acids is 2. The van der Waals surface area contributed by atoms with Gasteiger partial charge in [0.05, 0.1) is 6.54 Å². The van der Waals surface area contributed by atoms with E-state index in [-0.39, 0.29) is 17.9 Å². The average molecular weight is 408 g/mol. The molecule has 3 heterocycles. The molecule has 1 fully saturated rings. The lowest BCUT2D eigenvalue weighted by molar-refractivity contribution is -0.133. The number of thiophene rings is 1. The van der Waals surface area contributed by atoms with Gasteiger partial charge in [-0.15, -0.1) is 11.3 Å². The third kappa shape index (κ3) is 3.06. The summed E-state index contributed by atoms with van der Waals surface area (Å²) < 4.78 is 2.04. The third-order valence-electron chi connectivity index (χ3n) is 6.39. The standard InChI is InChI=1S/C23H25N3O2S/c1-23(22(28)24-18-9-5-6-10-18)15-25-19(13-17-11-12-29-21(17)25)20(27)26(23)14-16-7-3-2-4-8-16/h2-4,7-8,11-13,18H,5-6,9-10,14-15H2,1H3,(H,24,28)/t23-/m1/s1. The number of benzene rings is 1. The molecule has 6 heteroatoms. The smallest absolute Gasteiger partial charge is 0.271 e. The van der Waals surface area contributed by atoms with Gasteiger partial charge >= 0.3 is 0 Å². The zero-order valence-corrected chi connectivity index (χ0v) is 17.4. The Kier molecular flexibility index (Phi) is 4.46. The number of nitrogens with one attached hydrogen (secondary N) is 1. The van der Waals surface area contributed by atoms with Crippen LogP contribution in [0.15, 0.2) is 47.8 Å². The van der Waals surface area contributed by atoms with Crippen molar-refractivity contribution in [1.82, 2.24) is 14.8 Å². The first-order valence-electron chi connectivity index (χ1n) is 10.3. The number of amides is 2. The fourth-order valence-electron chi connectivity index (χ4n) is 4.68. The zero-order valence-electron chi connectivity index (χ0n) is 16.6. The van der Waals surface area contributed by atoms with Crippen LogP contribution in [0.3, 0.4) is 0 Å². The fourth-order valence-corrected chi connectivity index (χ4v) is 5.58. The predicted octanol–water partition coefficient (Wildman–Crippen LogP) is 4.18. The summed E-state index contributed by atoms with van der Waals surface area (Å²) in [5.74, 6) is -0.120. The number of rotatable bonds is 4. The van der Waals surface area contributed by atoms with Gasteiger partial charge in [-0.3, -0.25) is 9.59 Å². The van der Waals surface area contributed by atoms with Gasteiger partial charge in [0.2, 0.25) is 5.91 Å². The molecule has 5 rings (SSSR count). The molecule has 0 radical (unpaired) electrons. The summed E-state index contributed by atoms with van der Waals surface area (Å²) in [5.41, 5.74) is 0.773. The maximum Gasteiger partial charge on any atom is 0.271 e. The molecule has 29 heavy (non-hydrogen) atoms. The van der Waals surface area contributed by atoms with Crippen molar-refractivity contribution in [1.29, 1.82) is 0 Å². The lowest BCUT2D eigenvalue weighted by Crippen LogP contribution is -2.64. The van der Waals surface area contributed by atoms with Gasteiger partial charge in [0.25, 0.3) is 5.91 Å².